The van der Waals surface area contributed by atoms with Crippen LogP contribution in [0.3, 0.4) is 0 Å². The number of benzene rings is 1. The number of H-pyrrole nitrogens is 1. The third-order valence-corrected chi connectivity index (χ3v) is 9.70. The summed E-state index contributed by atoms with van der Waals surface area (Å²) in [7, 11) is -2.38. The van der Waals surface area contributed by atoms with E-state index >= 15 is 0 Å². The molecule has 2 bridgehead atoms. The summed E-state index contributed by atoms with van der Waals surface area (Å²) >= 11 is 0. The van der Waals surface area contributed by atoms with Crippen molar-refractivity contribution in [2.45, 2.75) is 48.6 Å². The average Bonchev–Trinajstić information content (AvgIpc) is 3.75. The molecule has 4 aromatic heterocycles. The normalized spacial score (nSPS) is 19.9. The van der Waals surface area contributed by atoms with E-state index in [1.165, 1.54) is 23.9 Å². The number of piperidine rings is 1. The van der Waals surface area contributed by atoms with E-state index in [1.807, 2.05) is 11.0 Å². The molecule has 0 radical (unpaired) electrons. The Morgan fingerprint density at radius 1 is 1.09 bits per heavy atom. The lowest BCUT2D eigenvalue weighted by Gasteiger charge is -2.38. The van der Waals surface area contributed by atoms with Crippen molar-refractivity contribution in [1.29, 1.82) is 0 Å². The summed E-state index contributed by atoms with van der Waals surface area (Å²) < 4.78 is 46.8. The van der Waals surface area contributed by atoms with Crippen LogP contribution in [0.2, 0.25) is 0 Å². The summed E-state index contributed by atoms with van der Waals surface area (Å²) in [6.45, 7) is 0. The number of fused-ring (bicyclic) bond motifs is 3. The number of hydrogen-bond donors (Lipinski definition) is 2. The number of carbonyl (C=O) groups is 1. The first kappa shape index (κ1) is 27.9. The van der Waals surface area contributed by atoms with Gasteiger partial charge < -0.3 is 15.4 Å². The molecule has 0 spiro atoms. The maximum Gasteiger partial charge on any atom is 0.276 e. The highest BCUT2D eigenvalue weighted by Crippen LogP contribution is 2.45. The highest BCUT2D eigenvalue weighted by molar-refractivity contribution is 7.91. The van der Waals surface area contributed by atoms with Crippen molar-refractivity contribution in [3.63, 3.8) is 0 Å². The van der Waals surface area contributed by atoms with Crippen molar-refractivity contribution in [3.05, 3.63) is 66.1 Å². The largest absolute Gasteiger partial charge is 0.494 e. The Morgan fingerprint density at radius 3 is 2.45 bits per heavy atom. The van der Waals surface area contributed by atoms with Gasteiger partial charge in [-0.2, -0.15) is 25.0 Å². The number of anilines is 1. The standard InChI is InChI=1S/C29H28FN9O4S/c1-43-24-8-4-15(11-21(24)30)22-7-3-16(12-32-22)20-13-34-39-27(31)26(44(2,41)42)25(35-28(20)39)17-9-18-5-6-19(10-17)38(18)29(40)23-14-33-37-36-23/h3-4,7-8,11-14,17-19H,5-6,9-10,31H2,1-2H3,(H,33,36,37)/t17?,18-,19+. The maximum absolute atomic E-state index is 14.3. The molecular weight excluding hydrogens is 589 g/mol. The number of nitrogens with zero attached hydrogens (tertiary/aromatic N) is 7. The van der Waals surface area contributed by atoms with E-state index in [0.717, 1.165) is 19.1 Å². The van der Waals surface area contributed by atoms with Crippen LogP contribution in [0, 0.1) is 5.82 Å². The lowest BCUT2D eigenvalue weighted by atomic mass is 9.87. The number of pyridine rings is 1. The zero-order valence-electron chi connectivity index (χ0n) is 23.8. The summed E-state index contributed by atoms with van der Waals surface area (Å²) in [5, 5.41) is 14.6. The molecule has 0 aliphatic carbocycles. The summed E-state index contributed by atoms with van der Waals surface area (Å²) in [5.41, 5.74) is 9.95. The molecule has 1 unspecified atom stereocenters. The van der Waals surface area contributed by atoms with Crippen LogP contribution in [0.4, 0.5) is 10.2 Å². The summed E-state index contributed by atoms with van der Waals surface area (Å²) in [6, 6.07) is 8.00. The van der Waals surface area contributed by atoms with Gasteiger partial charge in [0.15, 0.2) is 32.7 Å². The van der Waals surface area contributed by atoms with Crippen LogP contribution < -0.4 is 10.5 Å². The fourth-order valence-electron chi connectivity index (χ4n) is 6.60. The molecule has 3 atom stereocenters. The Kier molecular flexibility index (Phi) is 6.57. The minimum Gasteiger partial charge on any atom is -0.494 e. The van der Waals surface area contributed by atoms with E-state index < -0.39 is 15.7 Å². The molecule has 0 saturated carbocycles. The van der Waals surface area contributed by atoms with Gasteiger partial charge in [0, 0.05) is 47.1 Å². The molecular formula is C29H28FN9O4S. The van der Waals surface area contributed by atoms with Crippen LogP contribution >= 0.6 is 0 Å². The quantitative estimate of drug-likeness (QED) is 0.288. The van der Waals surface area contributed by atoms with Crippen molar-refractivity contribution in [1.82, 2.24) is 39.9 Å². The number of nitrogen functional groups attached to an aromatic ring is 1. The van der Waals surface area contributed by atoms with Crippen LogP contribution in [0.15, 0.2) is 53.8 Å². The fraction of sp³-hybridized carbons (Fsp3) is 0.310. The number of methoxy groups -OCH3 is 1. The number of carbonyl (C=O) groups excluding carboxylic acids is 1. The number of rotatable bonds is 6. The zero-order chi connectivity index (χ0) is 30.7. The number of amides is 1. The van der Waals surface area contributed by atoms with Crippen LogP contribution in [-0.4, -0.2) is 79.7 Å². The predicted octanol–water partition coefficient (Wildman–Crippen LogP) is 3.26. The third kappa shape index (κ3) is 4.54. The van der Waals surface area contributed by atoms with Crippen molar-refractivity contribution in [2.75, 3.05) is 19.1 Å². The molecule has 2 aliphatic heterocycles. The van der Waals surface area contributed by atoms with Gasteiger partial charge in [-0.15, -0.1) is 0 Å². The molecule has 44 heavy (non-hydrogen) atoms. The van der Waals surface area contributed by atoms with Crippen LogP contribution in [0.25, 0.3) is 28.0 Å². The molecule has 2 fully saturated rings. The SMILES string of the molecule is COc1ccc(-c2ccc(-c3cnn4c(N)c(S(C)(=O)=O)c(C5C[C@H]6CC[C@@H](C5)N6C(=O)c5cn[nH]n5)nc34)cn2)cc1F. The van der Waals surface area contributed by atoms with Crippen molar-refractivity contribution in [2.24, 2.45) is 0 Å². The van der Waals surface area contributed by atoms with Crippen molar-refractivity contribution < 1.29 is 22.3 Å². The van der Waals surface area contributed by atoms with E-state index in [1.54, 1.807) is 30.6 Å². The second-order valence-electron chi connectivity index (χ2n) is 11.2. The second kappa shape index (κ2) is 10.4. The maximum atomic E-state index is 14.3. The van der Waals surface area contributed by atoms with Crippen LogP contribution in [-0.2, 0) is 9.84 Å². The monoisotopic (exact) mass is 617 g/mol. The number of ether oxygens (including phenoxy) is 1. The Balaban J connectivity index is 1.26. The zero-order valence-corrected chi connectivity index (χ0v) is 24.6. The average molecular weight is 618 g/mol. The minimum atomic E-state index is -3.79. The summed E-state index contributed by atoms with van der Waals surface area (Å²) in [5.74, 6) is -0.814. The van der Waals surface area contributed by atoms with E-state index in [0.29, 0.717) is 46.6 Å². The van der Waals surface area contributed by atoms with Gasteiger partial charge in [0.2, 0.25) is 0 Å². The molecule has 7 rings (SSSR count). The van der Waals surface area contributed by atoms with Gasteiger partial charge in [-0.3, -0.25) is 9.78 Å². The number of nitrogens with two attached hydrogens (primary N) is 1. The van der Waals surface area contributed by atoms with Crippen LogP contribution in [0.5, 0.6) is 5.75 Å². The highest BCUT2D eigenvalue weighted by Gasteiger charge is 2.46. The number of aromatic nitrogens is 7. The first-order valence-corrected chi connectivity index (χ1v) is 15.9. The van der Waals surface area contributed by atoms with Gasteiger partial charge in [-0.05, 0) is 49.9 Å². The Bertz CT molecular complexity index is 2000. The molecule has 3 N–H and O–H groups in total. The summed E-state index contributed by atoms with van der Waals surface area (Å²) in [6.07, 6.45) is 8.38. The topological polar surface area (TPSA) is 174 Å². The number of hydrogen-bond acceptors (Lipinski definition) is 10. The van der Waals surface area contributed by atoms with Gasteiger partial charge in [0.1, 0.15) is 10.7 Å². The lowest BCUT2D eigenvalue weighted by Crippen LogP contribution is -2.46. The predicted molar refractivity (Wildman–Crippen MR) is 157 cm³/mol. The molecule has 5 aromatic rings. The van der Waals surface area contributed by atoms with Crippen molar-refractivity contribution in [3.8, 4) is 28.1 Å². The minimum absolute atomic E-state index is 0.0227. The molecule has 1 amide bonds. The first-order valence-electron chi connectivity index (χ1n) is 14.0. The molecule has 6 heterocycles. The Labute approximate surface area is 251 Å². The number of nitrogens with one attached hydrogen (secondary N) is 1. The molecule has 13 nitrogen and oxygen atoms in total. The molecule has 226 valence electrons. The third-order valence-electron chi connectivity index (χ3n) is 8.54. The Hall–Kier alpha value is -4.92. The smallest absolute Gasteiger partial charge is 0.276 e. The highest BCUT2D eigenvalue weighted by atomic mass is 32.2. The van der Waals surface area contributed by atoms with E-state index in [9.17, 15) is 17.6 Å². The lowest BCUT2D eigenvalue weighted by molar-refractivity contribution is 0.0562. The van der Waals surface area contributed by atoms with Gasteiger partial charge >= 0.3 is 0 Å². The molecule has 15 heteroatoms. The molecule has 1 aromatic carbocycles. The van der Waals surface area contributed by atoms with E-state index in [2.05, 4.69) is 25.5 Å². The van der Waals surface area contributed by atoms with E-state index in [-0.39, 0.29) is 46.1 Å². The number of aromatic amines is 1. The molecule has 2 aliphatic rings. The van der Waals surface area contributed by atoms with Gasteiger partial charge in [0.25, 0.3) is 5.91 Å². The van der Waals surface area contributed by atoms with Gasteiger partial charge in [-0.25, -0.2) is 17.8 Å². The van der Waals surface area contributed by atoms with Gasteiger partial charge in [0.05, 0.1) is 30.9 Å². The van der Waals surface area contributed by atoms with Gasteiger partial charge in [-0.1, -0.05) is 6.07 Å². The van der Waals surface area contributed by atoms with Crippen molar-refractivity contribution >= 4 is 27.2 Å². The number of halogens is 1. The van der Waals surface area contributed by atoms with Crippen LogP contribution in [0.1, 0.15) is 47.8 Å². The first-order chi connectivity index (χ1) is 21.1. The number of sulfone groups is 1. The Morgan fingerprint density at radius 2 is 1.84 bits per heavy atom. The van der Waals surface area contributed by atoms with E-state index in [4.69, 9.17) is 15.5 Å². The molecule has 2 saturated heterocycles. The fourth-order valence-corrected chi connectivity index (χ4v) is 7.66. The second-order valence-corrected chi connectivity index (χ2v) is 13.1. The summed E-state index contributed by atoms with van der Waals surface area (Å²) in [4.78, 5) is 24.4.